The Morgan fingerprint density at radius 1 is 1.50 bits per heavy atom. The summed E-state index contributed by atoms with van der Waals surface area (Å²) in [7, 11) is -3.80. The molecule has 100 valence electrons. The fourth-order valence-corrected chi connectivity index (χ4v) is 3.34. The lowest BCUT2D eigenvalue weighted by atomic mass is 10.2. The molecule has 2 unspecified atom stereocenters. The molecule has 0 spiro atoms. The van der Waals surface area contributed by atoms with Crippen molar-refractivity contribution >= 4 is 10.0 Å². The van der Waals surface area contributed by atoms with E-state index in [1.54, 1.807) is 0 Å². The average molecular weight is 273 g/mol. The minimum absolute atomic E-state index is 0.0723. The molecule has 1 aromatic rings. The molecule has 0 saturated heterocycles. The number of hydrogen-bond donors (Lipinski definition) is 2. The van der Waals surface area contributed by atoms with E-state index >= 15 is 0 Å². The standard InChI is InChI=1S/C12H16FNO3S/c1-2-9-6-11(9)14-18(16,17)12-4-3-8(7-15)5-10(12)13/h3-5,9,11,14-15H,2,6-7H2,1H3. The summed E-state index contributed by atoms with van der Waals surface area (Å²) in [5.41, 5.74) is 0.351. The SMILES string of the molecule is CCC1CC1NS(=O)(=O)c1ccc(CO)cc1F. The Morgan fingerprint density at radius 2 is 2.22 bits per heavy atom. The van der Waals surface area contributed by atoms with Crippen LogP contribution in [0.15, 0.2) is 23.1 Å². The highest BCUT2D eigenvalue weighted by Crippen LogP contribution is 2.34. The van der Waals surface area contributed by atoms with Crippen molar-refractivity contribution in [1.82, 2.24) is 4.72 Å². The molecule has 0 heterocycles. The summed E-state index contributed by atoms with van der Waals surface area (Å²) in [6, 6.07) is 3.56. The predicted molar refractivity (Wildman–Crippen MR) is 64.8 cm³/mol. The molecule has 4 nitrogen and oxygen atoms in total. The quantitative estimate of drug-likeness (QED) is 0.852. The van der Waals surface area contributed by atoms with Crippen molar-refractivity contribution in [2.24, 2.45) is 5.92 Å². The van der Waals surface area contributed by atoms with Gasteiger partial charge < -0.3 is 5.11 Å². The predicted octanol–water partition coefficient (Wildman–Crippen LogP) is 1.39. The highest BCUT2D eigenvalue weighted by atomic mass is 32.2. The molecule has 1 aliphatic rings. The normalized spacial score (nSPS) is 23.1. The Bertz CT molecular complexity index is 544. The van der Waals surface area contributed by atoms with Crippen LogP contribution in [0, 0.1) is 11.7 Å². The topological polar surface area (TPSA) is 66.4 Å². The van der Waals surface area contributed by atoms with Gasteiger partial charge in [0.1, 0.15) is 10.7 Å². The number of benzene rings is 1. The maximum Gasteiger partial charge on any atom is 0.243 e. The summed E-state index contributed by atoms with van der Waals surface area (Å²) < 4.78 is 40.0. The fourth-order valence-electron chi connectivity index (χ4n) is 1.97. The lowest BCUT2D eigenvalue weighted by Gasteiger charge is -2.08. The molecule has 1 aliphatic carbocycles. The van der Waals surface area contributed by atoms with E-state index in [-0.39, 0.29) is 17.5 Å². The Balaban J connectivity index is 2.19. The van der Waals surface area contributed by atoms with Crippen LogP contribution in [0.1, 0.15) is 25.3 Å². The molecule has 1 saturated carbocycles. The van der Waals surface area contributed by atoms with E-state index in [1.807, 2.05) is 6.92 Å². The zero-order chi connectivity index (χ0) is 13.3. The second-order valence-electron chi connectivity index (χ2n) is 4.55. The Labute approximate surface area is 106 Å². The molecule has 0 amide bonds. The van der Waals surface area contributed by atoms with Crippen molar-refractivity contribution in [1.29, 1.82) is 0 Å². The van der Waals surface area contributed by atoms with Crippen LogP contribution in [0.2, 0.25) is 0 Å². The second-order valence-corrected chi connectivity index (χ2v) is 6.24. The minimum Gasteiger partial charge on any atom is -0.392 e. The molecule has 0 aromatic heterocycles. The van der Waals surface area contributed by atoms with Gasteiger partial charge in [0.15, 0.2) is 0 Å². The molecule has 0 radical (unpaired) electrons. The van der Waals surface area contributed by atoms with Crippen LogP contribution in [-0.4, -0.2) is 19.6 Å². The van der Waals surface area contributed by atoms with E-state index < -0.39 is 15.8 Å². The van der Waals surface area contributed by atoms with Gasteiger partial charge in [0, 0.05) is 6.04 Å². The summed E-state index contributed by atoms with van der Waals surface area (Å²) >= 11 is 0. The molecule has 6 heteroatoms. The third kappa shape index (κ3) is 2.71. The molecule has 2 N–H and O–H groups in total. The van der Waals surface area contributed by atoms with Crippen LogP contribution < -0.4 is 4.72 Å². The maximum atomic E-state index is 13.7. The minimum atomic E-state index is -3.80. The summed E-state index contributed by atoms with van der Waals surface area (Å²) in [5, 5.41) is 8.85. The van der Waals surface area contributed by atoms with Crippen molar-refractivity contribution in [3.63, 3.8) is 0 Å². The molecule has 0 aliphatic heterocycles. The van der Waals surface area contributed by atoms with Crippen LogP contribution in [0.4, 0.5) is 4.39 Å². The van der Waals surface area contributed by atoms with E-state index in [0.717, 1.165) is 18.9 Å². The zero-order valence-electron chi connectivity index (χ0n) is 10.1. The molecule has 18 heavy (non-hydrogen) atoms. The lowest BCUT2D eigenvalue weighted by Crippen LogP contribution is -2.27. The van der Waals surface area contributed by atoms with Crippen LogP contribution in [0.5, 0.6) is 0 Å². The molecular weight excluding hydrogens is 257 g/mol. The van der Waals surface area contributed by atoms with Gasteiger partial charge in [-0.2, -0.15) is 0 Å². The van der Waals surface area contributed by atoms with E-state index in [2.05, 4.69) is 4.72 Å². The molecule has 2 rings (SSSR count). The third-order valence-corrected chi connectivity index (χ3v) is 4.75. The molecule has 1 fully saturated rings. The number of aliphatic hydroxyl groups excluding tert-OH is 1. The first-order valence-electron chi connectivity index (χ1n) is 5.89. The van der Waals surface area contributed by atoms with Crippen molar-refractivity contribution < 1.29 is 17.9 Å². The van der Waals surface area contributed by atoms with Crippen molar-refractivity contribution in [3.05, 3.63) is 29.6 Å². The van der Waals surface area contributed by atoms with Crippen LogP contribution in [-0.2, 0) is 16.6 Å². The second kappa shape index (κ2) is 4.95. The van der Waals surface area contributed by atoms with E-state index in [0.29, 0.717) is 11.5 Å². The van der Waals surface area contributed by atoms with Crippen molar-refractivity contribution in [2.75, 3.05) is 0 Å². The Kier molecular flexibility index (Phi) is 3.70. The van der Waals surface area contributed by atoms with Gasteiger partial charge in [-0.15, -0.1) is 0 Å². The molecule has 0 bridgehead atoms. The fraction of sp³-hybridized carbons (Fsp3) is 0.500. The molecular formula is C12H16FNO3S. The summed E-state index contributed by atoms with van der Waals surface area (Å²) in [6.07, 6.45) is 1.73. The first-order chi connectivity index (χ1) is 8.47. The summed E-state index contributed by atoms with van der Waals surface area (Å²) in [4.78, 5) is -0.360. The van der Waals surface area contributed by atoms with Crippen LogP contribution in [0.25, 0.3) is 0 Å². The molecule has 2 atom stereocenters. The van der Waals surface area contributed by atoms with Crippen LogP contribution >= 0.6 is 0 Å². The zero-order valence-corrected chi connectivity index (χ0v) is 10.9. The highest BCUT2D eigenvalue weighted by Gasteiger charge is 2.39. The number of aliphatic hydroxyl groups is 1. The number of rotatable bonds is 5. The van der Waals surface area contributed by atoms with Crippen LogP contribution in [0.3, 0.4) is 0 Å². The first kappa shape index (κ1) is 13.5. The summed E-state index contributed by atoms with van der Waals surface area (Å²) in [5.74, 6) is -0.470. The number of hydrogen-bond acceptors (Lipinski definition) is 3. The number of halogens is 1. The lowest BCUT2D eigenvalue weighted by molar-refractivity contribution is 0.281. The van der Waals surface area contributed by atoms with Gasteiger partial charge in [-0.1, -0.05) is 19.4 Å². The average Bonchev–Trinajstić information content (AvgIpc) is 3.06. The van der Waals surface area contributed by atoms with Gasteiger partial charge in [-0.05, 0) is 30.0 Å². The van der Waals surface area contributed by atoms with E-state index in [1.165, 1.54) is 12.1 Å². The van der Waals surface area contributed by atoms with E-state index in [4.69, 9.17) is 5.11 Å². The highest BCUT2D eigenvalue weighted by molar-refractivity contribution is 7.89. The molecule has 1 aromatic carbocycles. The van der Waals surface area contributed by atoms with Gasteiger partial charge in [-0.3, -0.25) is 0 Å². The maximum absolute atomic E-state index is 13.7. The third-order valence-electron chi connectivity index (χ3n) is 3.22. The van der Waals surface area contributed by atoms with Gasteiger partial charge in [0.2, 0.25) is 10.0 Å². The monoisotopic (exact) mass is 273 g/mol. The smallest absolute Gasteiger partial charge is 0.243 e. The van der Waals surface area contributed by atoms with Gasteiger partial charge in [0.05, 0.1) is 6.61 Å². The Morgan fingerprint density at radius 3 is 2.72 bits per heavy atom. The van der Waals surface area contributed by atoms with Gasteiger partial charge in [-0.25, -0.2) is 17.5 Å². The Hall–Kier alpha value is -0.980. The van der Waals surface area contributed by atoms with Gasteiger partial charge >= 0.3 is 0 Å². The van der Waals surface area contributed by atoms with E-state index in [9.17, 15) is 12.8 Å². The largest absolute Gasteiger partial charge is 0.392 e. The first-order valence-corrected chi connectivity index (χ1v) is 7.38. The number of nitrogens with one attached hydrogen (secondary N) is 1. The van der Waals surface area contributed by atoms with Crippen molar-refractivity contribution in [3.8, 4) is 0 Å². The summed E-state index contributed by atoms with van der Waals surface area (Å²) in [6.45, 7) is 1.68. The van der Waals surface area contributed by atoms with Gasteiger partial charge in [0.25, 0.3) is 0 Å². The van der Waals surface area contributed by atoms with Crippen molar-refractivity contribution in [2.45, 2.75) is 37.3 Å². The number of sulfonamides is 1.